The highest BCUT2D eigenvalue weighted by molar-refractivity contribution is 5.91. The van der Waals surface area contributed by atoms with Gasteiger partial charge in [-0.2, -0.15) is 13.2 Å². The van der Waals surface area contributed by atoms with Crippen molar-refractivity contribution in [2.24, 2.45) is 17.8 Å². The average molecular weight is 381 g/mol. The third kappa shape index (κ3) is 3.82. The summed E-state index contributed by atoms with van der Waals surface area (Å²) in [6, 6.07) is 3.77. The number of ether oxygens (including phenoxy) is 1. The van der Waals surface area contributed by atoms with Crippen LogP contribution in [0.1, 0.15) is 54.4 Å². The molecule has 7 heteroatoms. The summed E-state index contributed by atoms with van der Waals surface area (Å²) >= 11 is 0. The number of esters is 1. The molecule has 0 aromatic heterocycles. The molecule has 0 atom stereocenters. The lowest BCUT2D eigenvalue weighted by Gasteiger charge is -2.56. The summed E-state index contributed by atoms with van der Waals surface area (Å²) in [4.78, 5) is 24.3. The number of carbonyl (C=O) groups is 2. The van der Waals surface area contributed by atoms with Crippen molar-refractivity contribution in [3.05, 3.63) is 35.4 Å². The molecule has 0 aliphatic heterocycles. The number of hydrogen-bond acceptors (Lipinski definition) is 3. The Morgan fingerprint density at radius 1 is 1.00 bits per heavy atom. The van der Waals surface area contributed by atoms with E-state index in [-0.39, 0.29) is 17.0 Å². The standard InChI is InChI=1S/C20H22F3NO3/c21-20(22,23)16-3-1-15(2-4-16)18(26)27-11-17(25)24-19-8-12-5-13(9-19)7-14(6-12)10-19/h1-4,12-14H,5-11H2,(H,24,25). The molecule has 4 saturated carbocycles. The molecule has 4 bridgehead atoms. The second-order valence-corrected chi connectivity index (χ2v) is 8.40. The van der Waals surface area contributed by atoms with E-state index in [2.05, 4.69) is 5.32 Å². The van der Waals surface area contributed by atoms with Gasteiger partial charge in [0.25, 0.3) is 5.91 Å². The van der Waals surface area contributed by atoms with Crippen LogP contribution in [0.5, 0.6) is 0 Å². The van der Waals surface area contributed by atoms with Crippen molar-refractivity contribution in [2.75, 3.05) is 6.61 Å². The van der Waals surface area contributed by atoms with E-state index in [4.69, 9.17) is 4.74 Å². The first-order valence-electron chi connectivity index (χ1n) is 9.38. The normalized spacial score (nSPS) is 31.6. The number of nitrogens with one attached hydrogen (secondary N) is 1. The van der Waals surface area contributed by atoms with Crippen LogP contribution in [0.25, 0.3) is 0 Å². The lowest BCUT2D eigenvalue weighted by molar-refractivity contribution is -0.137. The second kappa shape index (κ2) is 6.53. The molecule has 0 heterocycles. The number of alkyl halides is 3. The largest absolute Gasteiger partial charge is 0.452 e. The maximum absolute atomic E-state index is 12.6. The predicted octanol–water partition coefficient (Wildman–Crippen LogP) is 3.95. The van der Waals surface area contributed by atoms with Gasteiger partial charge in [0.2, 0.25) is 0 Å². The van der Waals surface area contributed by atoms with Gasteiger partial charge >= 0.3 is 12.1 Å². The molecule has 1 aromatic rings. The van der Waals surface area contributed by atoms with E-state index in [0.717, 1.165) is 43.5 Å². The van der Waals surface area contributed by atoms with Crippen molar-refractivity contribution >= 4 is 11.9 Å². The fourth-order valence-corrected chi connectivity index (χ4v) is 5.61. The zero-order valence-corrected chi connectivity index (χ0v) is 14.8. The summed E-state index contributed by atoms with van der Waals surface area (Å²) < 4.78 is 42.7. The average Bonchev–Trinajstić information content (AvgIpc) is 2.57. The van der Waals surface area contributed by atoms with Crippen LogP contribution < -0.4 is 5.32 Å². The number of rotatable bonds is 4. The molecule has 1 amide bonds. The molecule has 1 N–H and O–H groups in total. The quantitative estimate of drug-likeness (QED) is 0.804. The van der Waals surface area contributed by atoms with Crippen LogP contribution in [-0.4, -0.2) is 24.0 Å². The Bertz CT molecular complexity index is 707. The molecule has 5 rings (SSSR count). The summed E-state index contributed by atoms with van der Waals surface area (Å²) in [6.07, 6.45) is 2.32. The first kappa shape index (κ1) is 18.3. The summed E-state index contributed by atoms with van der Waals surface area (Å²) in [5, 5.41) is 3.10. The Balaban J connectivity index is 1.31. The second-order valence-electron chi connectivity index (χ2n) is 8.40. The first-order valence-corrected chi connectivity index (χ1v) is 9.38. The maximum Gasteiger partial charge on any atom is 0.416 e. The van der Waals surface area contributed by atoms with E-state index in [9.17, 15) is 22.8 Å². The molecule has 0 radical (unpaired) electrons. The molecule has 146 valence electrons. The monoisotopic (exact) mass is 381 g/mol. The van der Waals surface area contributed by atoms with Crippen LogP contribution in [0, 0.1) is 17.8 Å². The van der Waals surface area contributed by atoms with E-state index in [1.54, 1.807) is 0 Å². The summed E-state index contributed by atoms with van der Waals surface area (Å²) in [6.45, 7) is -0.415. The van der Waals surface area contributed by atoms with Crippen LogP contribution in [0.15, 0.2) is 24.3 Å². The van der Waals surface area contributed by atoms with Crippen LogP contribution in [0.4, 0.5) is 13.2 Å². The maximum atomic E-state index is 12.6. The van der Waals surface area contributed by atoms with Gasteiger partial charge in [-0.15, -0.1) is 0 Å². The van der Waals surface area contributed by atoms with Crippen LogP contribution in [-0.2, 0) is 15.7 Å². The Labute approximate surface area is 155 Å². The molecule has 0 saturated heterocycles. The van der Waals surface area contributed by atoms with E-state index >= 15 is 0 Å². The van der Waals surface area contributed by atoms with Gasteiger partial charge < -0.3 is 10.1 Å². The molecular formula is C20H22F3NO3. The van der Waals surface area contributed by atoms with Crippen molar-refractivity contribution in [1.82, 2.24) is 5.32 Å². The van der Waals surface area contributed by atoms with Gasteiger partial charge in [-0.25, -0.2) is 4.79 Å². The third-order valence-corrected chi connectivity index (χ3v) is 6.23. The molecule has 0 spiro atoms. The number of hydrogen-bond donors (Lipinski definition) is 1. The van der Waals surface area contributed by atoms with Crippen molar-refractivity contribution in [3.63, 3.8) is 0 Å². The lowest BCUT2D eigenvalue weighted by atomic mass is 9.53. The number of halogens is 3. The highest BCUT2D eigenvalue weighted by Crippen LogP contribution is 2.55. The summed E-state index contributed by atoms with van der Waals surface area (Å²) in [7, 11) is 0. The van der Waals surface area contributed by atoms with Crippen molar-refractivity contribution < 1.29 is 27.5 Å². The fourth-order valence-electron chi connectivity index (χ4n) is 5.61. The van der Waals surface area contributed by atoms with Gasteiger partial charge in [-0.3, -0.25) is 4.79 Å². The molecule has 4 aliphatic rings. The van der Waals surface area contributed by atoms with Crippen LogP contribution in [0.3, 0.4) is 0 Å². The van der Waals surface area contributed by atoms with Crippen LogP contribution >= 0.6 is 0 Å². The number of amides is 1. The van der Waals surface area contributed by atoms with E-state index < -0.39 is 24.3 Å². The van der Waals surface area contributed by atoms with E-state index in [1.807, 2.05) is 0 Å². The van der Waals surface area contributed by atoms with Crippen molar-refractivity contribution in [3.8, 4) is 0 Å². The summed E-state index contributed by atoms with van der Waals surface area (Å²) in [5.41, 5.74) is -1.00. The minimum Gasteiger partial charge on any atom is -0.452 e. The zero-order valence-electron chi connectivity index (χ0n) is 14.8. The molecule has 27 heavy (non-hydrogen) atoms. The lowest BCUT2D eigenvalue weighted by Crippen LogP contribution is -2.60. The molecule has 4 nitrogen and oxygen atoms in total. The van der Waals surface area contributed by atoms with Gasteiger partial charge in [0.05, 0.1) is 11.1 Å². The predicted molar refractivity (Wildman–Crippen MR) is 90.8 cm³/mol. The zero-order chi connectivity index (χ0) is 19.2. The smallest absolute Gasteiger partial charge is 0.416 e. The van der Waals surface area contributed by atoms with Gasteiger partial charge in [0.15, 0.2) is 6.61 Å². The number of carbonyl (C=O) groups excluding carboxylic acids is 2. The third-order valence-electron chi connectivity index (χ3n) is 6.23. The summed E-state index contributed by atoms with van der Waals surface area (Å²) in [5.74, 6) is 0.922. The minimum absolute atomic E-state index is 0.00870. The number of benzene rings is 1. The Hall–Kier alpha value is -2.05. The van der Waals surface area contributed by atoms with Gasteiger partial charge in [-0.1, -0.05) is 0 Å². The molecule has 1 aromatic carbocycles. The highest BCUT2D eigenvalue weighted by atomic mass is 19.4. The molecule has 4 fully saturated rings. The van der Waals surface area contributed by atoms with E-state index in [0.29, 0.717) is 17.8 Å². The fraction of sp³-hybridized carbons (Fsp3) is 0.600. The molecular weight excluding hydrogens is 359 g/mol. The first-order chi connectivity index (χ1) is 12.7. The molecule has 4 aliphatic carbocycles. The Kier molecular flexibility index (Phi) is 4.43. The van der Waals surface area contributed by atoms with E-state index in [1.165, 1.54) is 19.3 Å². The van der Waals surface area contributed by atoms with Crippen molar-refractivity contribution in [2.45, 2.75) is 50.2 Å². The Morgan fingerprint density at radius 2 is 1.52 bits per heavy atom. The highest BCUT2D eigenvalue weighted by Gasteiger charge is 2.51. The Morgan fingerprint density at radius 3 is 2.00 bits per heavy atom. The minimum atomic E-state index is -4.46. The molecule has 0 unspecified atom stereocenters. The van der Waals surface area contributed by atoms with Gasteiger partial charge in [0.1, 0.15) is 0 Å². The van der Waals surface area contributed by atoms with Gasteiger partial charge in [0, 0.05) is 5.54 Å². The van der Waals surface area contributed by atoms with Crippen molar-refractivity contribution in [1.29, 1.82) is 0 Å². The SMILES string of the molecule is O=C(COC(=O)c1ccc(C(F)(F)F)cc1)NC12CC3CC(CC(C3)C1)C2. The topological polar surface area (TPSA) is 55.4 Å². The van der Waals surface area contributed by atoms with Gasteiger partial charge in [-0.05, 0) is 80.5 Å². The van der Waals surface area contributed by atoms with Crippen LogP contribution in [0.2, 0.25) is 0 Å².